The standard InChI is InChI=1S/C34H27F3N2O3/c1-2-26(33(41)42)22-16-14-21(15-17-22)19-38-25-11-6-10-24(18-25)30-27-12-7-13-29(34(35,36)37)31(27)39-20-28(30)32(40)23-8-4-3-5-9-23/h3-18,20,26,38H,2,19H2,1H3,(H,41,42). The summed E-state index contributed by atoms with van der Waals surface area (Å²) in [4.78, 5) is 29.2. The van der Waals surface area contributed by atoms with Crippen molar-refractivity contribution in [3.05, 3.63) is 131 Å². The molecule has 5 aromatic rings. The van der Waals surface area contributed by atoms with Crippen LogP contribution in [0, 0.1) is 0 Å². The van der Waals surface area contributed by atoms with Crippen molar-refractivity contribution in [1.29, 1.82) is 0 Å². The molecule has 1 heterocycles. The molecule has 0 bridgehead atoms. The van der Waals surface area contributed by atoms with Gasteiger partial charge in [0.1, 0.15) is 0 Å². The summed E-state index contributed by atoms with van der Waals surface area (Å²) in [5.41, 5.74) is 2.79. The van der Waals surface area contributed by atoms with Crippen molar-refractivity contribution in [3.63, 3.8) is 0 Å². The van der Waals surface area contributed by atoms with E-state index >= 15 is 0 Å². The van der Waals surface area contributed by atoms with Crippen LogP contribution in [0.4, 0.5) is 18.9 Å². The molecule has 8 heteroatoms. The highest BCUT2D eigenvalue weighted by molar-refractivity contribution is 6.16. The molecule has 1 unspecified atom stereocenters. The number of carbonyl (C=O) groups is 2. The van der Waals surface area contributed by atoms with Gasteiger partial charge in [-0.1, -0.05) is 85.8 Å². The number of carbonyl (C=O) groups excluding carboxylic acids is 1. The Hall–Kier alpha value is -4.98. The highest BCUT2D eigenvalue weighted by atomic mass is 19.4. The molecular weight excluding hydrogens is 541 g/mol. The molecule has 2 N–H and O–H groups in total. The minimum atomic E-state index is -4.62. The second-order valence-electron chi connectivity index (χ2n) is 9.92. The molecule has 0 spiro atoms. The van der Waals surface area contributed by atoms with E-state index in [0.717, 1.165) is 17.2 Å². The van der Waals surface area contributed by atoms with Crippen molar-refractivity contribution in [2.75, 3.05) is 5.32 Å². The third kappa shape index (κ3) is 5.88. The third-order valence-corrected chi connectivity index (χ3v) is 7.22. The molecule has 42 heavy (non-hydrogen) atoms. The second-order valence-corrected chi connectivity index (χ2v) is 9.92. The maximum absolute atomic E-state index is 13.9. The quantitative estimate of drug-likeness (QED) is 0.175. The monoisotopic (exact) mass is 568 g/mol. The van der Waals surface area contributed by atoms with Gasteiger partial charge in [-0.2, -0.15) is 13.2 Å². The number of pyridine rings is 1. The summed E-state index contributed by atoms with van der Waals surface area (Å²) < 4.78 is 41.7. The number of hydrogen-bond acceptors (Lipinski definition) is 4. The summed E-state index contributed by atoms with van der Waals surface area (Å²) in [6.45, 7) is 2.26. The van der Waals surface area contributed by atoms with Crippen molar-refractivity contribution in [2.24, 2.45) is 0 Å². The minimum Gasteiger partial charge on any atom is -0.481 e. The van der Waals surface area contributed by atoms with Crippen LogP contribution in [-0.2, 0) is 17.5 Å². The maximum atomic E-state index is 13.9. The summed E-state index contributed by atoms with van der Waals surface area (Å²) in [5.74, 6) is -1.77. The Kier molecular flexibility index (Phi) is 8.06. The topological polar surface area (TPSA) is 79.3 Å². The number of carboxylic acids is 1. The molecule has 212 valence electrons. The van der Waals surface area contributed by atoms with Gasteiger partial charge in [0.25, 0.3) is 0 Å². The van der Waals surface area contributed by atoms with E-state index < -0.39 is 23.6 Å². The van der Waals surface area contributed by atoms with Crippen LogP contribution in [0.2, 0.25) is 0 Å². The van der Waals surface area contributed by atoms with Gasteiger partial charge in [0.2, 0.25) is 0 Å². The fourth-order valence-corrected chi connectivity index (χ4v) is 5.09. The molecular formula is C34H27F3N2O3. The van der Waals surface area contributed by atoms with Crippen LogP contribution in [0.5, 0.6) is 0 Å². The largest absolute Gasteiger partial charge is 0.481 e. The maximum Gasteiger partial charge on any atom is 0.418 e. The first-order valence-corrected chi connectivity index (χ1v) is 13.4. The van der Waals surface area contributed by atoms with Crippen LogP contribution in [0.3, 0.4) is 0 Å². The van der Waals surface area contributed by atoms with Gasteiger partial charge in [-0.15, -0.1) is 0 Å². The average molecular weight is 569 g/mol. The van der Waals surface area contributed by atoms with Crippen LogP contribution in [-0.4, -0.2) is 21.8 Å². The third-order valence-electron chi connectivity index (χ3n) is 7.22. The van der Waals surface area contributed by atoms with Gasteiger partial charge in [-0.3, -0.25) is 14.6 Å². The fourth-order valence-electron chi connectivity index (χ4n) is 5.09. The fraction of sp³-hybridized carbons (Fsp3) is 0.147. The number of alkyl halides is 3. The van der Waals surface area contributed by atoms with Gasteiger partial charge in [-0.25, -0.2) is 0 Å². The number of halogens is 3. The molecule has 0 saturated carbocycles. The molecule has 1 aromatic heterocycles. The van der Waals surface area contributed by atoms with Crippen molar-refractivity contribution in [3.8, 4) is 11.1 Å². The Morgan fingerprint density at radius 2 is 1.62 bits per heavy atom. The number of aliphatic carboxylic acids is 1. The highest BCUT2D eigenvalue weighted by Crippen LogP contribution is 2.39. The summed E-state index contributed by atoms with van der Waals surface area (Å²) in [6.07, 6.45) is -2.90. The number of nitrogens with one attached hydrogen (secondary N) is 1. The molecule has 0 aliphatic heterocycles. The number of ketones is 1. The molecule has 5 nitrogen and oxygen atoms in total. The van der Waals surface area contributed by atoms with E-state index in [1.807, 2.05) is 25.1 Å². The van der Waals surface area contributed by atoms with Gasteiger partial charge in [0.15, 0.2) is 5.78 Å². The normalized spacial score (nSPS) is 12.2. The minimum absolute atomic E-state index is 0.199. The SMILES string of the molecule is CCC(C(=O)O)c1ccc(CNc2cccc(-c3c(C(=O)c4ccccc4)cnc4c(C(F)(F)F)cccc34)c2)cc1. The van der Waals surface area contributed by atoms with E-state index in [-0.39, 0.29) is 22.2 Å². The number of rotatable bonds is 9. The van der Waals surface area contributed by atoms with E-state index in [1.165, 1.54) is 12.3 Å². The van der Waals surface area contributed by atoms with Crippen molar-refractivity contribution in [1.82, 2.24) is 4.98 Å². The van der Waals surface area contributed by atoms with Gasteiger partial charge >= 0.3 is 12.1 Å². The summed E-state index contributed by atoms with van der Waals surface area (Å²) in [7, 11) is 0. The van der Waals surface area contributed by atoms with Gasteiger partial charge in [-0.05, 0) is 41.3 Å². The van der Waals surface area contributed by atoms with Crippen LogP contribution < -0.4 is 5.32 Å². The molecule has 0 fully saturated rings. The number of fused-ring (bicyclic) bond motifs is 1. The summed E-state index contributed by atoms with van der Waals surface area (Å²) in [6, 6.07) is 26.9. The lowest BCUT2D eigenvalue weighted by molar-refractivity contribution is -0.139. The zero-order valence-corrected chi connectivity index (χ0v) is 22.7. The smallest absolute Gasteiger partial charge is 0.418 e. The Morgan fingerprint density at radius 1 is 0.905 bits per heavy atom. The van der Waals surface area contributed by atoms with E-state index in [1.54, 1.807) is 66.7 Å². The average Bonchev–Trinajstić information content (AvgIpc) is 2.99. The Bertz CT molecular complexity index is 1750. The zero-order valence-electron chi connectivity index (χ0n) is 22.7. The molecule has 0 amide bonds. The molecule has 0 radical (unpaired) electrons. The highest BCUT2D eigenvalue weighted by Gasteiger charge is 2.34. The Labute approximate surface area is 240 Å². The van der Waals surface area contributed by atoms with Crippen LogP contribution >= 0.6 is 0 Å². The van der Waals surface area contributed by atoms with Crippen molar-refractivity contribution in [2.45, 2.75) is 32.0 Å². The van der Waals surface area contributed by atoms with Crippen molar-refractivity contribution < 1.29 is 27.9 Å². The number of para-hydroxylation sites is 1. The number of aromatic nitrogens is 1. The number of carboxylic acid groups (broad SMARTS) is 1. The predicted octanol–water partition coefficient (Wildman–Crippen LogP) is 8.34. The zero-order chi connectivity index (χ0) is 29.9. The van der Waals surface area contributed by atoms with Crippen LogP contribution in [0.15, 0.2) is 103 Å². The number of hydrogen-bond donors (Lipinski definition) is 2. The second kappa shape index (κ2) is 11.9. The lowest BCUT2D eigenvalue weighted by Crippen LogP contribution is -2.10. The van der Waals surface area contributed by atoms with E-state index in [0.29, 0.717) is 35.3 Å². The van der Waals surface area contributed by atoms with E-state index in [4.69, 9.17) is 0 Å². The molecule has 0 saturated heterocycles. The predicted molar refractivity (Wildman–Crippen MR) is 156 cm³/mol. The Morgan fingerprint density at radius 3 is 2.29 bits per heavy atom. The number of anilines is 1. The van der Waals surface area contributed by atoms with E-state index in [2.05, 4.69) is 10.3 Å². The van der Waals surface area contributed by atoms with Gasteiger partial charge in [0, 0.05) is 40.5 Å². The first kappa shape index (κ1) is 28.5. The molecule has 0 aliphatic rings. The van der Waals surface area contributed by atoms with Gasteiger partial charge < -0.3 is 10.4 Å². The molecule has 0 aliphatic carbocycles. The van der Waals surface area contributed by atoms with Crippen molar-refractivity contribution >= 4 is 28.3 Å². The first-order chi connectivity index (χ1) is 20.2. The molecule has 1 atom stereocenters. The van der Waals surface area contributed by atoms with Crippen LogP contribution in [0.1, 0.15) is 51.9 Å². The van der Waals surface area contributed by atoms with Crippen LogP contribution in [0.25, 0.3) is 22.0 Å². The van der Waals surface area contributed by atoms with E-state index in [9.17, 15) is 27.9 Å². The summed E-state index contributed by atoms with van der Waals surface area (Å²) >= 11 is 0. The first-order valence-electron chi connectivity index (χ1n) is 13.4. The lowest BCUT2D eigenvalue weighted by atomic mass is 9.91. The molecule has 5 rings (SSSR count). The molecule has 4 aromatic carbocycles. The number of nitrogens with zero attached hydrogens (tertiary/aromatic N) is 1. The summed E-state index contributed by atoms with van der Waals surface area (Å²) in [5, 5.41) is 13.0. The Balaban J connectivity index is 1.53. The lowest BCUT2D eigenvalue weighted by Gasteiger charge is -2.17. The number of benzene rings is 4. The van der Waals surface area contributed by atoms with Gasteiger partial charge in [0.05, 0.1) is 17.0 Å².